The Balaban J connectivity index is 1.57. The highest BCUT2D eigenvalue weighted by Crippen LogP contribution is 2.41. The average Bonchev–Trinajstić information content (AvgIpc) is 3.22. The normalized spacial score (nSPS) is 12.6. The first kappa shape index (κ1) is 24.1. The second kappa shape index (κ2) is 9.68. The average molecular weight is 504 g/mol. The molecule has 0 spiro atoms. The molecule has 4 rings (SSSR count). The maximum Gasteiger partial charge on any atom is 0.416 e. The van der Waals surface area contributed by atoms with Crippen LogP contribution in [0.1, 0.15) is 28.9 Å². The van der Waals surface area contributed by atoms with Gasteiger partial charge in [-0.25, -0.2) is 9.78 Å². The summed E-state index contributed by atoms with van der Waals surface area (Å²) in [5.41, 5.74) is 2.67. The first-order chi connectivity index (χ1) is 16.1. The van der Waals surface area contributed by atoms with E-state index in [-0.39, 0.29) is 5.25 Å². The Morgan fingerprint density at radius 1 is 1.15 bits per heavy atom. The molecule has 1 aromatic heterocycles. The fraction of sp³-hybridized carbons (Fsp3) is 0.200. The Labute approximate surface area is 202 Å². The van der Waals surface area contributed by atoms with Crippen molar-refractivity contribution < 1.29 is 27.8 Å². The highest BCUT2D eigenvalue weighted by atomic mass is 32.2. The number of fused-ring (bicyclic) bond motifs is 1. The molecular formula is C25H20F3NO3S2. The molecular weight excluding hydrogens is 483 g/mol. The maximum atomic E-state index is 12.9. The zero-order valence-electron chi connectivity index (χ0n) is 18.2. The third kappa shape index (κ3) is 5.37. The number of aromatic nitrogens is 1. The van der Waals surface area contributed by atoms with Crippen molar-refractivity contribution in [3.8, 4) is 16.3 Å². The van der Waals surface area contributed by atoms with Crippen LogP contribution in [-0.4, -0.2) is 22.7 Å². The summed E-state index contributed by atoms with van der Waals surface area (Å²) in [7, 11) is 0. The van der Waals surface area contributed by atoms with Gasteiger partial charge in [0.1, 0.15) is 10.8 Å². The molecule has 1 N–H and O–H groups in total. The minimum absolute atomic E-state index is 0.0523. The van der Waals surface area contributed by atoms with Gasteiger partial charge >= 0.3 is 12.1 Å². The molecule has 0 saturated heterocycles. The Morgan fingerprint density at radius 2 is 1.88 bits per heavy atom. The van der Waals surface area contributed by atoms with Gasteiger partial charge in [0.25, 0.3) is 0 Å². The van der Waals surface area contributed by atoms with Crippen LogP contribution < -0.4 is 4.74 Å². The number of carboxylic acids is 1. The zero-order valence-corrected chi connectivity index (χ0v) is 19.9. The smallest absolute Gasteiger partial charge is 0.416 e. The second-order valence-electron chi connectivity index (χ2n) is 7.66. The van der Waals surface area contributed by atoms with Gasteiger partial charge in [-0.2, -0.15) is 13.2 Å². The molecule has 0 fully saturated rings. The standard InChI is InChI=1S/C25H20F3NO3S2/c1-14-12-18(10-11-20(14)32-13-22(30)31)33-15(2)19-4-3-5-21-23(19)29-24(34-21)16-6-8-17(9-7-16)25(26,27)28/h3-12,15H,13H2,1-2H3,(H,30,31). The van der Waals surface area contributed by atoms with E-state index in [1.54, 1.807) is 17.8 Å². The highest BCUT2D eigenvalue weighted by Gasteiger charge is 2.30. The lowest BCUT2D eigenvalue weighted by Gasteiger charge is -2.14. The number of halogens is 3. The van der Waals surface area contributed by atoms with E-state index >= 15 is 0 Å². The molecule has 0 aliphatic rings. The Morgan fingerprint density at radius 3 is 2.53 bits per heavy atom. The summed E-state index contributed by atoms with van der Waals surface area (Å²) in [5, 5.41) is 9.51. The zero-order chi connectivity index (χ0) is 24.5. The molecule has 34 heavy (non-hydrogen) atoms. The van der Waals surface area contributed by atoms with Crippen molar-refractivity contribution in [2.75, 3.05) is 6.61 Å². The van der Waals surface area contributed by atoms with Gasteiger partial charge < -0.3 is 9.84 Å². The minimum atomic E-state index is -4.37. The number of nitrogens with zero attached hydrogens (tertiary/aromatic N) is 1. The number of thiazole rings is 1. The van der Waals surface area contributed by atoms with Crippen molar-refractivity contribution in [3.63, 3.8) is 0 Å². The summed E-state index contributed by atoms with van der Waals surface area (Å²) in [6.45, 7) is 3.54. The van der Waals surface area contributed by atoms with Gasteiger partial charge in [-0.3, -0.25) is 0 Å². The monoisotopic (exact) mass is 503 g/mol. The summed E-state index contributed by atoms with van der Waals surface area (Å²) < 4.78 is 44.9. The predicted octanol–water partition coefficient (Wildman–Crippen LogP) is 7.61. The Hall–Kier alpha value is -3.04. The van der Waals surface area contributed by atoms with Crippen LogP contribution in [0, 0.1) is 6.92 Å². The quantitative estimate of drug-likeness (QED) is 0.263. The first-order valence-electron chi connectivity index (χ1n) is 10.3. The predicted molar refractivity (Wildman–Crippen MR) is 129 cm³/mol. The number of carboxylic acid groups (broad SMARTS) is 1. The topological polar surface area (TPSA) is 59.4 Å². The van der Waals surface area contributed by atoms with Crippen LogP contribution in [0.2, 0.25) is 0 Å². The van der Waals surface area contributed by atoms with Crippen LogP contribution in [0.15, 0.2) is 65.6 Å². The summed E-state index contributed by atoms with van der Waals surface area (Å²) in [6.07, 6.45) is -4.37. The van der Waals surface area contributed by atoms with Crippen LogP contribution in [0.5, 0.6) is 5.75 Å². The van der Waals surface area contributed by atoms with E-state index in [1.807, 2.05) is 37.3 Å². The van der Waals surface area contributed by atoms with E-state index in [9.17, 15) is 18.0 Å². The Kier molecular flexibility index (Phi) is 6.86. The molecule has 0 amide bonds. The molecule has 9 heteroatoms. The van der Waals surface area contributed by atoms with E-state index in [4.69, 9.17) is 14.8 Å². The lowest BCUT2D eigenvalue weighted by atomic mass is 10.1. The number of aliphatic carboxylic acids is 1. The largest absolute Gasteiger partial charge is 0.482 e. The molecule has 0 saturated carbocycles. The molecule has 1 unspecified atom stereocenters. The number of carbonyl (C=O) groups is 1. The van der Waals surface area contributed by atoms with Crippen molar-refractivity contribution >= 4 is 39.3 Å². The fourth-order valence-electron chi connectivity index (χ4n) is 3.49. The number of alkyl halides is 3. The number of aryl methyl sites for hydroxylation is 1. The van der Waals surface area contributed by atoms with Crippen molar-refractivity contribution in [2.24, 2.45) is 0 Å². The molecule has 3 aromatic carbocycles. The molecule has 0 aliphatic carbocycles. The number of hydrogen-bond acceptors (Lipinski definition) is 5. The van der Waals surface area contributed by atoms with Gasteiger partial charge in [-0.15, -0.1) is 23.1 Å². The van der Waals surface area contributed by atoms with Crippen LogP contribution >= 0.6 is 23.1 Å². The molecule has 0 bridgehead atoms. The van der Waals surface area contributed by atoms with Crippen molar-refractivity contribution in [1.29, 1.82) is 0 Å². The van der Waals surface area contributed by atoms with E-state index in [2.05, 4.69) is 6.92 Å². The number of benzene rings is 3. The van der Waals surface area contributed by atoms with Gasteiger partial charge in [0.15, 0.2) is 6.61 Å². The third-order valence-corrected chi connectivity index (χ3v) is 7.36. The summed E-state index contributed by atoms with van der Waals surface area (Å²) in [4.78, 5) is 16.5. The molecule has 0 radical (unpaired) electrons. The van der Waals surface area contributed by atoms with Crippen molar-refractivity contribution in [1.82, 2.24) is 4.98 Å². The van der Waals surface area contributed by atoms with Crippen LogP contribution in [0.4, 0.5) is 13.2 Å². The van der Waals surface area contributed by atoms with E-state index in [0.717, 1.165) is 38.4 Å². The van der Waals surface area contributed by atoms with Crippen LogP contribution in [0.25, 0.3) is 20.8 Å². The van der Waals surface area contributed by atoms with Gasteiger partial charge in [-0.05, 0) is 61.4 Å². The summed E-state index contributed by atoms with van der Waals surface area (Å²) in [5.74, 6) is -0.499. The fourth-order valence-corrected chi connectivity index (χ4v) is 5.61. The lowest BCUT2D eigenvalue weighted by Crippen LogP contribution is -2.10. The highest BCUT2D eigenvalue weighted by molar-refractivity contribution is 7.99. The molecule has 176 valence electrons. The molecule has 4 aromatic rings. The molecule has 1 atom stereocenters. The molecule has 4 nitrogen and oxygen atoms in total. The SMILES string of the molecule is Cc1cc(SC(C)c2cccc3sc(-c4ccc(C(F)(F)F)cc4)nc23)ccc1OCC(=O)O. The number of thioether (sulfide) groups is 1. The molecule has 1 heterocycles. The van der Waals surface area contributed by atoms with Crippen molar-refractivity contribution in [2.45, 2.75) is 30.2 Å². The van der Waals surface area contributed by atoms with Gasteiger partial charge in [0, 0.05) is 15.7 Å². The minimum Gasteiger partial charge on any atom is -0.482 e. The first-order valence-corrected chi connectivity index (χ1v) is 12.0. The van der Waals surface area contributed by atoms with Gasteiger partial charge in [0.2, 0.25) is 0 Å². The third-order valence-electron chi connectivity index (χ3n) is 5.16. The number of hydrogen-bond donors (Lipinski definition) is 1. The van der Waals surface area contributed by atoms with Gasteiger partial charge in [0.05, 0.1) is 15.8 Å². The van der Waals surface area contributed by atoms with Gasteiger partial charge in [-0.1, -0.05) is 24.3 Å². The second-order valence-corrected chi connectivity index (χ2v) is 10.1. The maximum absolute atomic E-state index is 12.9. The summed E-state index contributed by atoms with van der Waals surface area (Å²) in [6, 6.07) is 16.6. The Bertz CT molecular complexity index is 1330. The van der Waals surface area contributed by atoms with Crippen molar-refractivity contribution in [3.05, 3.63) is 77.4 Å². The lowest BCUT2D eigenvalue weighted by molar-refractivity contribution is -0.139. The number of para-hydroxylation sites is 1. The number of ether oxygens (including phenoxy) is 1. The van der Waals surface area contributed by atoms with E-state index in [0.29, 0.717) is 16.3 Å². The molecule has 0 aliphatic heterocycles. The van der Waals surface area contributed by atoms with E-state index in [1.165, 1.54) is 23.5 Å². The van der Waals surface area contributed by atoms with E-state index < -0.39 is 24.3 Å². The number of rotatable bonds is 7. The van der Waals surface area contributed by atoms with Crippen LogP contribution in [0.3, 0.4) is 0 Å². The van der Waals surface area contributed by atoms with Crippen LogP contribution in [-0.2, 0) is 11.0 Å². The summed E-state index contributed by atoms with van der Waals surface area (Å²) >= 11 is 3.08.